The van der Waals surface area contributed by atoms with E-state index in [-0.39, 0.29) is 30.7 Å². The number of halogens is 2. The van der Waals surface area contributed by atoms with E-state index in [0.717, 1.165) is 0 Å². The molecule has 2 heterocycles. The Hall–Kier alpha value is -0.340. The second-order valence-corrected chi connectivity index (χ2v) is 7.18. The predicted molar refractivity (Wildman–Crippen MR) is 84.2 cm³/mol. The van der Waals surface area contributed by atoms with E-state index in [9.17, 15) is 8.78 Å². The van der Waals surface area contributed by atoms with Gasteiger partial charge in [0.1, 0.15) is 17.8 Å². The fourth-order valence-electron chi connectivity index (χ4n) is 3.63. The van der Waals surface area contributed by atoms with Crippen molar-refractivity contribution in [1.82, 2.24) is 0 Å². The molecule has 0 radical (unpaired) electrons. The van der Waals surface area contributed by atoms with E-state index >= 15 is 0 Å². The van der Waals surface area contributed by atoms with Crippen LogP contribution in [0, 0.1) is 5.92 Å². The van der Waals surface area contributed by atoms with Crippen molar-refractivity contribution in [3.63, 3.8) is 0 Å². The molecule has 0 saturated carbocycles. The van der Waals surface area contributed by atoms with E-state index in [2.05, 4.69) is 0 Å². The van der Waals surface area contributed by atoms with Gasteiger partial charge in [-0.1, -0.05) is 6.92 Å². The van der Waals surface area contributed by atoms with Crippen molar-refractivity contribution in [3.8, 4) is 0 Å². The maximum atomic E-state index is 14.4. The second-order valence-electron chi connectivity index (χ2n) is 7.18. The molecule has 2 fully saturated rings. The Morgan fingerprint density at radius 2 is 1.58 bits per heavy atom. The Morgan fingerprint density at radius 1 is 0.958 bits per heavy atom. The predicted octanol–water partition coefficient (Wildman–Crippen LogP) is 3.01. The van der Waals surface area contributed by atoms with Crippen LogP contribution in [-0.2, 0) is 23.7 Å². The van der Waals surface area contributed by atoms with Gasteiger partial charge in [-0.2, -0.15) is 0 Å². The van der Waals surface area contributed by atoms with Gasteiger partial charge in [-0.25, -0.2) is 8.78 Å². The average molecular weight is 352 g/mol. The largest absolute Gasteiger partial charge is 0.378 e. The van der Waals surface area contributed by atoms with Gasteiger partial charge in [0.2, 0.25) is 0 Å². The molecule has 0 aromatic carbocycles. The van der Waals surface area contributed by atoms with Crippen LogP contribution in [0.25, 0.3) is 0 Å². The maximum absolute atomic E-state index is 14.4. The molecule has 24 heavy (non-hydrogen) atoms. The van der Waals surface area contributed by atoms with Crippen LogP contribution in [0.2, 0.25) is 0 Å². The van der Waals surface area contributed by atoms with Crippen LogP contribution >= 0.6 is 0 Å². The van der Waals surface area contributed by atoms with Crippen LogP contribution in [0.4, 0.5) is 8.78 Å². The minimum absolute atomic E-state index is 0.0320. The van der Waals surface area contributed by atoms with Crippen LogP contribution in [0.5, 0.6) is 0 Å². The minimum Gasteiger partial charge on any atom is -0.378 e. The fraction of sp³-hybridized carbons (Fsp3) is 1.00. The lowest BCUT2D eigenvalue weighted by Crippen LogP contribution is -2.63. The molecule has 0 spiro atoms. The quantitative estimate of drug-likeness (QED) is 0.778. The monoisotopic (exact) mass is 352 g/mol. The first-order valence-corrected chi connectivity index (χ1v) is 8.49. The molecule has 0 N–H and O–H groups in total. The molecule has 0 bridgehead atoms. The molecule has 142 valence electrons. The summed E-state index contributed by atoms with van der Waals surface area (Å²) in [5.74, 6) is -2.98. The first kappa shape index (κ1) is 20.0. The molecule has 7 heteroatoms. The zero-order valence-electron chi connectivity index (χ0n) is 15.5. The number of ether oxygens (including phenoxy) is 5. The van der Waals surface area contributed by atoms with Crippen molar-refractivity contribution >= 4 is 0 Å². The highest BCUT2D eigenvalue weighted by Crippen LogP contribution is 2.45. The minimum atomic E-state index is -3.10. The van der Waals surface area contributed by atoms with E-state index in [1.54, 1.807) is 7.11 Å². The van der Waals surface area contributed by atoms with Crippen molar-refractivity contribution in [2.24, 2.45) is 5.92 Å². The van der Waals surface area contributed by atoms with Crippen LogP contribution in [0.3, 0.4) is 0 Å². The highest BCUT2D eigenvalue weighted by molar-refractivity contribution is 5.00. The molecule has 2 saturated heterocycles. The zero-order chi connectivity index (χ0) is 18.3. The van der Waals surface area contributed by atoms with Gasteiger partial charge in [0.25, 0.3) is 0 Å². The van der Waals surface area contributed by atoms with Gasteiger partial charge < -0.3 is 23.7 Å². The van der Waals surface area contributed by atoms with Crippen LogP contribution < -0.4 is 0 Å². The summed E-state index contributed by atoms with van der Waals surface area (Å²) in [5.41, 5.74) is -1.64. The lowest BCUT2D eigenvalue weighted by atomic mass is 9.86. The van der Waals surface area contributed by atoms with Gasteiger partial charge in [0.15, 0.2) is 6.29 Å². The SMILES string of the molecule is CO[C@@H]1[C@@H](OC2C[C@@](C)(OC)C(F)(F)[C@H](C)O2)[C@H](C)OC(C)[C@H]1C. The Labute approximate surface area is 142 Å². The topological polar surface area (TPSA) is 46.2 Å². The molecule has 2 unspecified atom stereocenters. The van der Waals surface area contributed by atoms with E-state index in [1.165, 1.54) is 21.0 Å². The van der Waals surface area contributed by atoms with Crippen molar-refractivity contribution in [2.75, 3.05) is 14.2 Å². The van der Waals surface area contributed by atoms with Crippen LogP contribution in [0.15, 0.2) is 0 Å². The van der Waals surface area contributed by atoms with Crippen molar-refractivity contribution in [3.05, 3.63) is 0 Å². The van der Waals surface area contributed by atoms with Crippen LogP contribution in [-0.4, -0.2) is 62.6 Å². The molecule has 0 amide bonds. The Balaban J connectivity index is 2.15. The van der Waals surface area contributed by atoms with Gasteiger partial charge in [-0.05, 0) is 27.7 Å². The third-order valence-electron chi connectivity index (χ3n) is 5.63. The smallest absolute Gasteiger partial charge is 0.301 e. The number of hydrogen-bond acceptors (Lipinski definition) is 5. The lowest BCUT2D eigenvalue weighted by molar-refractivity contribution is -0.354. The number of rotatable bonds is 4. The van der Waals surface area contributed by atoms with Gasteiger partial charge in [0, 0.05) is 26.6 Å². The summed E-state index contributed by atoms with van der Waals surface area (Å²) in [5, 5.41) is 0. The van der Waals surface area contributed by atoms with Gasteiger partial charge in [0.05, 0.1) is 18.3 Å². The molecule has 0 aliphatic carbocycles. The molecule has 0 aromatic rings. The highest BCUT2D eigenvalue weighted by Gasteiger charge is 2.60. The summed E-state index contributed by atoms with van der Waals surface area (Å²) in [6.07, 6.45) is -2.96. The summed E-state index contributed by atoms with van der Waals surface area (Å²) >= 11 is 0. The molecule has 2 aliphatic heterocycles. The van der Waals surface area contributed by atoms with Gasteiger partial charge >= 0.3 is 5.92 Å². The number of alkyl halides is 2. The van der Waals surface area contributed by atoms with Gasteiger partial charge in [-0.3, -0.25) is 0 Å². The summed E-state index contributed by atoms with van der Waals surface area (Å²) < 4.78 is 56.9. The van der Waals surface area contributed by atoms with Crippen molar-refractivity contribution < 1.29 is 32.5 Å². The summed E-state index contributed by atoms with van der Waals surface area (Å²) in [6, 6.07) is 0. The number of hydrogen-bond donors (Lipinski definition) is 0. The molecule has 2 aliphatic rings. The Kier molecular flexibility index (Phi) is 5.92. The normalized spacial score (nSPS) is 49.1. The molecule has 5 nitrogen and oxygen atoms in total. The third-order valence-corrected chi connectivity index (χ3v) is 5.63. The summed E-state index contributed by atoms with van der Waals surface area (Å²) in [4.78, 5) is 0. The molecule has 8 atom stereocenters. The Bertz CT molecular complexity index is 435. The summed E-state index contributed by atoms with van der Waals surface area (Å²) in [7, 11) is 2.91. The zero-order valence-corrected chi connectivity index (χ0v) is 15.5. The third kappa shape index (κ3) is 3.33. The lowest BCUT2D eigenvalue weighted by Gasteiger charge is -2.49. The maximum Gasteiger partial charge on any atom is 0.301 e. The Morgan fingerprint density at radius 3 is 2.12 bits per heavy atom. The molecule has 2 rings (SSSR count). The second kappa shape index (κ2) is 7.11. The molecular formula is C17H30F2O5. The van der Waals surface area contributed by atoms with Crippen molar-refractivity contribution in [2.45, 2.75) is 89.4 Å². The first-order chi connectivity index (χ1) is 11.1. The van der Waals surface area contributed by atoms with E-state index in [4.69, 9.17) is 23.7 Å². The average Bonchev–Trinajstić information content (AvgIpc) is 2.51. The van der Waals surface area contributed by atoms with E-state index in [1.807, 2.05) is 20.8 Å². The van der Waals surface area contributed by atoms with Gasteiger partial charge in [-0.15, -0.1) is 0 Å². The summed E-state index contributed by atoms with van der Waals surface area (Å²) in [6.45, 7) is 8.65. The fourth-order valence-corrected chi connectivity index (χ4v) is 3.63. The van der Waals surface area contributed by atoms with E-state index in [0.29, 0.717) is 0 Å². The van der Waals surface area contributed by atoms with E-state index < -0.39 is 30.0 Å². The molecular weight excluding hydrogens is 322 g/mol. The standard InChI is InChI=1S/C17H30F2O5/c1-9-10(2)22-11(3)15(14(9)20-6)24-13-8-16(5,21-7)17(18,19)12(4)23-13/h9-15H,8H2,1-7H3/t9-,10?,11+,12+,13?,14+,15+,16-/m1/s1. The van der Waals surface area contributed by atoms with Crippen LogP contribution in [0.1, 0.15) is 41.0 Å². The highest BCUT2D eigenvalue weighted by atomic mass is 19.3. The molecule has 0 aromatic heterocycles. The first-order valence-electron chi connectivity index (χ1n) is 8.49. The number of methoxy groups -OCH3 is 2. The van der Waals surface area contributed by atoms with Crippen molar-refractivity contribution in [1.29, 1.82) is 0 Å².